The van der Waals surface area contributed by atoms with Crippen LogP contribution in [-0.4, -0.2) is 17.6 Å². The van der Waals surface area contributed by atoms with Crippen molar-refractivity contribution in [2.24, 2.45) is 0 Å². The molecular weight excluding hydrogens is 345 g/mol. The molecule has 3 rings (SSSR count). The Balaban J connectivity index is 1.75. The largest absolute Gasteiger partial charge is 0.360 e. The van der Waals surface area contributed by atoms with Gasteiger partial charge in [-0.15, -0.1) is 0 Å². The van der Waals surface area contributed by atoms with Gasteiger partial charge in [-0.2, -0.15) is 0 Å². The Kier molecular flexibility index (Phi) is 5.98. The van der Waals surface area contributed by atoms with Crippen molar-refractivity contribution in [2.45, 2.75) is 26.3 Å². The molecule has 3 aromatic rings. The monoisotopic (exact) mass is 367 g/mol. The predicted octanol–water partition coefficient (Wildman–Crippen LogP) is 4.00. The Hall–Kier alpha value is -2.99. The Bertz CT molecular complexity index is 906. The van der Waals surface area contributed by atoms with E-state index in [4.69, 9.17) is 4.52 Å². The highest BCUT2D eigenvalue weighted by molar-refractivity contribution is 5.91. The highest BCUT2D eigenvalue weighted by atomic mass is 19.1. The molecule has 0 radical (unpaired) electrons. The van der Waals surface area contributed by atoms with Crippen LogP contribution in [0.3, 0.4) is 0 Å². The number of hydrogen-bond acceptors (Lipinski definition) is 4. The Labute approximate surface area is 157 Å². The number of hydrogen-bond donors (Lipinski definition) is 2. The smallest absolute Gasteiger partial charge is 0.239 e. The summed E-state index contributed by atoms with van der Waals surface area (Å²) in [4.78, 5) is 12.2. The highest BCUT2D eigenvalue weighted by Crippen LogP contribution is 2.23. The predicted molar refractivity (Wildman–Crippen MR) is 102 cm³/mol. The van der Waals surface area contributed by atoms with Crippen molar-refractivity contribution in [3.63, 3.8) is 0 Å². The molecule has 6 heteroatoms. The Morgan fingerprint density at radius 2 is 1.93 bits per heavy atom. The third-order valence-electron chi connectivity index (χ3n) is 4.27. The van der Waals surface area contributed by atoms with Crippen molar-refractivity contribution in [3.8, 4) is 0 Å². The number of aromatic nitrogens is 1. The van der Waals surface area contributed by atoms with Gasteiger partial charge in [0, 0.05) is 6.07 Å². The first kappa shape index (κ1) is 18.8. The van der Waals surface area contributed by atoms with E-state index in [1.807, 2.05) is 30.3 Å². The summed E-state index contributed by atoms with van der Waals surface area (Å²) in [5.41, 5.74) is 2.93. The van der Waals surface area contributed by atoms with Crippen LogP contribution in [0.2, 0.25) is 0 Å². The van der Waals surface area contributed by atoms with E-state index in [1.54, 1.807) is 19.1 Å². The number of aryl methyl sites for hydroxylation is 2. The quantitative estimate of drug-likeness (QED) is 0.662. The minimum atomic E-state index is -0.313. The second kappa shape index (κ2) is 8.60. The van der Waals surface area contributed by atoms with Gasteiger partial charge < -0.3 is 9.84 Å². The van der Waals surface area contributed by atoms with Crippen LogP contribution in [0, 0.1) is 12.7 Å². The first-order valence-electron chi connectivity index (χ1n) is 8.86. The van der Waals surface area contributed by atoms with Gasteiger partial charge in [0.1, 0.15) is 11.6 Å². The van der Waals surface area contributed by atoms with E-state index in [0.29, 0.717) is 11.6 Å². The van der Waals surface area contributed by atoms with Crippen LogP contribution in [0.5, 0.6) is 0 Å². The maximum atomic E-state index is 13.7. The molecule has 2 aromatic carbocycles. The van der Waals surface area contributed by atoms with Gasteiger partial charge in [0.15, 0.2) is 5.82 Å². The first-order chi connectivity index (χ1) is 13.0. The molecule has 27 heavy (non-hydrogen) atoms. The molecular formula is C21H22FN3O2. The number of nitrogens with one attached hydrogen (secondary N) is 2. The molecule has 1 amide bonds. The molecule has 0 saturated heterocycles. The normalized spacial score (nSPS) is 12.0. The van der Waals surface area contributed by atoms with Crippen LogP contribution in [0.25, 0.3) is 0 Å². The molecule has 2 N–H and O–H groups in total. The van der Waals surface area contributed by atoms with Crippen molar-refractivity contribution in [1.82, 2.24) is 10.5 Å². The van der Waals surface area contributed by atoms with Gasteiger partial charge in [0.25, 0.3) is 0 Å². The van der Waals surface area contributed by atoms with Crippen LogP contribution >= 0.6 is 0 Å². The minimum Gasteiger partial charge on any atom is -0.360 e. The van der Waals surface area contributed by atoms with E-state index >= 15 is 0 Å². The number of halogens is 1. The fraction of sp³-hybridized carbons (Fsp3) is 0.238. The number of carbonyl (C=O) groups excluding carboxylic acids is 1. The zero-order valence-electron chi connectivity index (χ0n) is 15.3. The third-order valence-corrected chi connectivity index (χ3v) is 4.27. The van der Waals surface area contributed by atoms with Gasteiger partial charge in [-0.25, -0.2) is 4.39 Å². The lowest BCUT2D eigenvalue weighted by molar-refractivity contribution is -0.115. The number of benzene rings is 2. The molecule has 0 unspecified atom stereocenters. The summed E-state index contributed by atoms with van der Waals surface area (Å²) < 4.78 is 18.7. The highest BCUT2D eigenvalue weighted by Gasteiger charge is 2.16. The van der Waals surface area contributed by atoms with Crippen molar-refractivity contribution in [3.05, 3.63) is 82.9 Å². The van der Waals surface area contributed by atoms with E-state index in [-0.39, 0.29) is 24.3 Å². The number of nitrogens with zero attached hydrogens (tertiary/aromatic N) is 1. The van der Waals surface area contributed by atoms with Crippen molar-refractivity contribution in [1.29, 1.82) is 0 Å². The van der Waals surface area contributed by atoms with E-state index in [1.165, 1.54) is 17.7 Å². The standard InChI is InChI=1S/C21H22FN3O2/c1-3-15-7-9-16(10-8-15)21(17-5-4-6-18(22)12-17)23-13-20(26)24-19-11-14(2)27-25-19/h4-12,21,23H,3,13H2,1-2H3,(H,24,25,26)/t21-/m1/s1. The number of anilines is 1. The van der Waals surface area contributed by atoms with E-state index < -0.39 is 0 Å². The summed E-state index contributed by atoms with van der Waals surface area (Å²) in [6.07, 6.45) is 0.942. The lowest BCUT2D eigenvalue weighted by Gasteiger charge is -2.20. The summed E-state index contributed by atoms with van der Waals surface area (Å²) in [5, 5.41) is 9.62. The van der Waals surface area contributed by atoms with Crippen molar-refractivity contribution >= 4 is 11.7 Å². The maximum absolute atomic E-state index is 13.7. The van der Waals surface area contributed by atoms with Crippen LogP contribution in [0.4, 0.5) is 10.2 Å². The second-order valence-corrected chi connectivity index (χ2v) is 6.34. The summed E-state index contributed by atoms with van der Waals surface area (Å²) >= 11 is 0. The summed E-state index contributed by atoms with van der Waals surface area (Å²) in [6.45, 7) is 3.89. The van der Waals surface area contributed by atoms with E-state index in [2.05, 4.69) is 22.7 Å². The topological polar surface area (TPSA) is 67.2 Å². The zero-order valence-corrected chi connectivity index (χ0v) is 15.3. The van der Waals surface area contributed by atoms with Crippen molar-refractivity contribution in [2.75, 3.05) is 11.9 Å². The molecule has 0 aliphatic carbocycles. The van der Waals surface area contributed by atoms with Crippen LogP contribution < -0.4 is 10.6 Å². The average molecular weight is 367 g/mol. The summed E-state index contributed by atoms with van der Waals surface area (Å²) in [7, 11) is 0. The molecule has 5 nitrogen and oxygen atoms in total. The lowest BCUT2D eigenvalue weighted by Crippen LogP contribution is -2.32. The van der Waals surface area contributed by atoms with Crippen LogP contribution in [-0.2, 0) is 11.2 Å². The molecule has 1 aromatic heterocycles. The molecule has 0 aliphatic heterocycles. The number of carbonyl (C=O) groups is 1. The molecule has 0 spiro atoms. The number of amides is 1. The Morgan fingerprint density at radius 1 is 1.15 bits per heavy atom. The molecule has 0 saturated carbocycles. The molecule has 0 fully saturated rings. The van der Waals surface area contributed by atoms with Gasteiger partial charge in [0.05, 0.1) is 12.6 Å². The molecule has 0 bridgehead atoms. The van der Waals surface area contributed by atoms with Crippen LogP contribution in [0.15, 0.2) is 59.1 Å². The minimum absolute atomic E-state index is 0.0443. The van der Waals surface area contributed by atoms with Gasteiger partial charge in [0.2, 0.25) is 5.91 Å². The van der Waals surface area contributed by atoms with E-state index in [9.17, 15) is 9.18 Å². The second-order valence-electron chi connectivity index (χ2n) is 6.34. The fourth-order valence-electron chi connectivity index (χ4n) is 2.87. The van der Waals surface area contributed by atoms with Gasteiger partial charge in [-0.3, -0.25) is 10.1 Å². The average Bonchev–Trinajstić information content (AvgIpc) is 3.07. The van der Waals surface area contributed by atoms with Crippen LogP contribution in [0.1, 0.15) is 35.4 Å². The van der Waals surface area contributed by atoms with Crippen molar-refractivity contribution < 1.29 is 13.7 Å². The summed E-state index contributed by atoms with van der Waals surface area (Å²) in [6, 6.07) is 15.8. The SMILES string of the molecule is CCc1ccc([C@@H](NCC(=O)Nc2cc(C)on2)c2cccc(F)c2)cc1. The maximum Gasteiger partial charge on any atom is 0.239 e. The van der Waals surface area contributed by atoms with Gasteiger partial charge in [-0.05, 0) is 42.2 Å². The Morgan fingerprint density at radius 3 is 2.56 bits per heavy atom. The fourth-order valence-corrected chi connectivity index (χ4v) is 2.87. The number of rotatable bonds is 7. The van der Waals surface area contributed by atoms with Gasteiger partial charge in [-0.1, -0.05) is 48.5 Å². The molecule has 1 heterocycles. The lowest BCUT2D eigenvalue weighted by atomic mass is 9.97. The molecule has 1 atom stereocenters. The van der Waals surface area contributed by atoms with E-state index in [0.717, 1.165) is 17.5 Å². The molecule has 140 valence electrons. The zero-order chi connectivity index (χ0) is 19.2. The first-order valence-corrected chi connectivity index (χ1v) is 8.86. The third kappa shape index (κ3) is 5.01. The van der Waals surface area contributed by atoms with Gasteiger partial charge >= 0.3 is 0 Å². The summed E-state index contributed by atoms with van der Waals surface area (Å²) in [5.74, 6) is 0.419. The molecule has 0 aliphatic rings.